The van der Waals surface area contributed by atoms with Crippen molar-refractivity contribution in [3.8, 4) is 0 Å². The first-order valence-corrected chi connectivity index (χ1v) is 9.33. The average molecular weight is 419 g/mol. The highest BCUT2D eigenvalue weighted by atomic mass is 19.2. The van der Waals surface area contributed by atoms with Gasteiger partial charge in [-0.3, -0.25) is 14.4 Å². The summed E-state index contributed by atoms with van der Waals surface area (Å²) in [5.41, 5.74) is 0.409. The van der Waals surface area contributed by atoms with E-state index in [4.69, 9.17) is 0 Å². The number of anilines is 1. The number of hydrogen-bond acceptors (Lipinski definition) is 3. The van der Waals surface area contributed by atoms with Crippen LogP contribution in [0.2, 0.25) is 0 Å². The van der Waals surface area contributed by atoms with Crippen molar-refractivity contribution in [1.29, 1.82) is 0 Å². The summed E-state index contributed by atoms with van der Waals surface area (Å²) < 4.78 is 39.8. The lowest BCUT2D eigenvalue weighted by Crippen LogP contribution is -2.38. The molecule has 9 heteroatoms. The monoisotopic (exact) mass is 419 g/mol. The Morgan fingerprint density at radius 1 is 1.10 bits per heavy atom. The van der Waals surface area contributed by atoms with Gasteiger partial charge < -0.3 is 15.5 Å². The summed E-state index contributed by atoms with van der Waals surface area (Å²) in [4.78, 5) is 38.2. The van der Waals surface area contributed by atoms with Crippen LogP contribution in [-0.2, 0) is 14.4 Å². The third-order valence-corrected chi connectivity index (χ3v) is 5.01. The highest BCUT2D eigenvalue weighted by Crippen LogP contribution is 2.28. The fourth-order valence-corrected chi connectivity index (χ4v) is 3.32. The molecule has 158 valence electrons. The lowest BCUT2D eigenvalue weighted by Gasteiger charge is -2.25. The molecule has 1 aliphatic rings. The van der Waals surface area contributed by atoms with Gasteiger partial charge in [-0.25, -0.2) is 13.2 Å². The number of amides is 3. The summed E-state index contributed by atoms with van der Waals surface area (Å²) in [5, 5.41) is 4.46. The fourth-order valence-electron chi connectivity index (χ4n) is 3.32. The van der Waals surface area contributed by atoms with E-state index in [1.165, 1.54) is 0 Å². The van der Waals surface area contributed by atoms with Gasteiger partial charge in [-0.2, -0.15) is 0 Å². The molecule has 2 aromatic rings. The molecule has 3 amide bonds. The molecule has 2 aromatic carbocycles. The zero-order valence-corrected chi connectivity index (χ0v) is 16.1. The third kappa shape index (κ3) is 4.61. The first kappa shape index (κ1) is 21.4. The SMILES string of the molecule is C[C@H](c1ccccc1)N1C[C@H](C(=O)NCC(=O)Nc2ccc(F)c(F)c2F)CC1=O. The molecule has 30 heavy (non-hydrogen) atoms. The topological polar surface area (TPSA) is 78.5 Å². The van der Waals surface area contributed by atoms with Crippen molar-refractivity contribution in [2.45, 2.75) is 19.4 Å². The molecule has 3 rings (SSSR count). The van der Waals surface area contributed by atoms with Crippen LogP contribution < -0.4 is 10.6 Å². The van der Waals surface area contributed by atoms with Gasteiger partial charge in [0.05, 0.1) is 24.2 Å². The Labute approximate surface area is 171 Å². The standard InChI is InChI=1S/C21H20F3N3O3/c1-12(13-5-3-2-4-6-13)27-11-14(9-18(27)29)21(30)25-10-17(28)26-16-8-7-15(22)19(23)20(16)24/h2-8,12,14H,9-11H2,1H3,(H,25,30)(H,26,28)/t12-,14-/m1/s1. The number of carbonyl (C=O) groups is 3. The number of hydrogen-bond donors (Lipinski definition) is 2. The van der Waals surface area contributed by atoms with Crippen molar-refractivity contribution in [3.63, 3.8) is 0 Å². The molecule has 0 saturated carbocycles. The predicted octanol–water partition coefficient (Wildman–Crippen LogP) is 2.77. The molecular formula is C21H20F3N3O3. The lowest BCUT2D eigenvalue weighted by atomic mass is 10.1. The summed E-state index contributed by atoms with van der Waals surface area (Å²) in [7, 11) is 0. The van der Waals surface area contributed by atoms with E-state index in [0.29, 0.717) is 6.07 Å². The first-order chi connectivity index (χ1) is 14.3. The van der Waals surface area contributed by atoms with Crippen molar-refractivity contribution in [3.05, 3.63) is 65.5 Å². The van der Waals surface area contributed by atoms with Crippen molar-refractivity contribution in [2.75, 3.05) is 18.4 Å². The van der Waals surface area contributed by atoms with Crippen LogP contribution in [0.1, 0.15) is 24.9 Å². The van der Waals surface area contributed by atoms with E-state index >= 15 is 0 Å². The molecular weight excluding hydrogens is 399 g/mol. The summed E-state index contributed by atoms with van der Waals surface area (Å²) in [6, 6.07) is 10.8. The van der Waals surface area contributed by atoms with E-state index in [9.17, 15) is 27.6 Å². The molecule has 1 aliphatic heterocycles. The minimum absolute atomic E-state index is 0.0163. The van der Waals surface area contributed by atoms with Crippen LogP contribution in [0.3, 0.4) is 0 Å². The Morgan fingerprint density at radius 3 is 2.50 bits per heavy atom. The Morgan fingerprint density at radius 2 is 1.80 bits per heavy atom. The van der Waals surface area contributed by atoms with Crippen LogP contribution >= 0.6 is 0 Å². The molecule has 0 radical (unpaired) electrons. The second-order valence-corrected chi connectivity index (χ2v) is 7.02. The number of rotatable bonds is 6. The minimum Gasteiger partial charge on any atom is -0.347 e. The van der Waals surface area contributed by atoms with Gasteiger partial charge in [-0.1, -0.05) is 30.3 Å². The van der Waals surface area contributed by atoms with E-state index in [1.54, 1.807) is 4.90 Å². The normalized spacial score (nSPS) is 17.0. The van der Waals surface area contributed by atoms with Crippen LogP contribution in [0.15, 0.2) is 42.5 Å². The van der Waals surface area contributed by atoms with Crippen molar-refractivity contribution < 1.29 is 27.6 Å². The Kier molecular flexibility index (Phi) is 6.39. The molecule has 0 aromatic heterocycles. The van der Waals surface area contributed by atoms with E-state index < -0.39 is 47.4 Å². The second kappa shape index (κ2) is 8.98. The Hall–Kier alpha value is -3.36. The van der Waals surface area contributed by atoms with Crippen LogP contribution in [-0.4, -0.2) is 35.7 Å². The molecule has 0 unspecified atom stereocenters. The smallest absolute Gasteiger partial charge is 0.243 e. The van der Waals surface area contributed by atoms with E-state index in [2.05, 4.69) is 10.6 Å². The van der Waals surface area contributed by atoms with Gasteiger partial charge in [0.1, 0.15) is 0 Å². The number of carbonyl (C=O) groups excluding carboxylic acids is 3. The quantitative estimate of drug-likeness (QED) is 0.707. The number of likely N-dealkylation sites (tertiary alicyclic amines) is 1. The maximum absolute atomic E-state index is 13.6. The zero-order chi connectivity index (χ0) is 21.8. The Balaban J connectivity index is 1.53. The van der Waals surface area contributed by atoms with E-state index in [-0.39, 0.29) is 24.9 Å². The molecule has 0 spiro atoms. The molecule has 1 heterocycles. The molecule has 2 atom stereocenters. The average Bonchev–Trinajstić information content (AvgIpc) is 3.14. The van der Waals surface area contributed by atoms with E-state index in [0.717, 1.165) is 11.6 Å². The second-order valence-electron chi connectivity index (χ2n) is 7.02. The van der Waals surface area contributed by atoms with Gasteiger partial charge in [0.15, 0.2) is 17.5 Å². The highest BCUT2D eigenvalue weighted by Gasteiger charge is 2.37. The molecule has 1 fully saturated rings. The molecule has 0 bridgehead atoms. The van der Waals surface area contributed by atoms with Crippen LogP contribution in [0, 0.1) is 23.4 Å². The van der Waals surface area contributed by atoms with E-state index in [1.807, 2.05) is 37.3 Å². The molecule has 6 nitrogen and oxygen atoms in total. The maximum atomic E-state index is 13.6. The van der Waals surface area contributed by atoms with Crippen LogP contribution in [0.25, 0.3) is 0 Å². The van der Waals surface area contributed by atoms with Gasteiger partial charge in [-0.15, -0.1) is 0 Å². The molecule has 1 saturated heterocycles. The van der Waals surface area contributed by atoms with Gasteiger partial charge in [0.2, 0.25) is 17.7 Å². The summed E-state index contributed by atoms with van der Waals surface area (Å²) in [6.45, 7) is 1.58. The molecule has 0 aliphatic carbocycles. The predicted molar refractivity (Wildman–Crippen MR) is 103 cm³/mol. The Bertz CT molecular complexity index is 969. The van der Waals surface area contributed by atoms with Gasteiger partial charge >= 0.3 is 0 Å². The summed E-state index contributed by atoms with van der Waals surface area (Å²) in [5.74, 6) is -6.70. The van der Waals surface area contributed by atoms with Crippen molar-refractivity contribution in [2.24, 2.45) is 5.92 Å². The first-order valence-electron chi connectivity index (χ1n) is 9.33. The number of halogens is 3. The largest absolute Gasteiger partial charge is 0.347 e. The van der Waals surface area contributed by atoms with Crippen molar-refractivity contribution in [1.82, 2.24) is 10.2 Å². The van der Waals surface area contributed by atoms with Gasteiger partial charge in [0, 0.05) is 13.0 Å². The highest BCUT2D eigenvalue weighted by molar-refractivity contribution is 5.96. The zero-order valence-electron chi connectivity index (χ0n) is 16.1. The van der Waals surface area contributed by atoms with Crippen LogP contribution in [0.5, 0.6) is 0 Å². The van der Waals surface area contributed by atoms with Crippen LogP contribution in [0.4, 0.5) is 18.9 Å². The molecule has 2 N–H and O–H groups in total. The minimum atomic E-state index is -1.70. The number of nitrogens with one attached hydrogen (secondary N) is 2. The maximum Gasteiger partial charge on any atom is 0.243 e. The van der Waals surface area contributed by atoms with Gasteiger partial charge in [-0.05, 0) is 24.6 Å². The van der Waals surface area contributed by atoms with Gasteiger partial charge in [0.25, 0.3) is 0 Å². The third-order valence-electron chi connectivity index (χ3n) is 5.01. The number of nitrogens with zero attached hydrogens (tertiary/aromatic N) is 1. The fraction of sp³-hybridized carbons (Fsp3) is 0.286. The van der Waals surface area contributed by atoms with Crippen molar-refractivity contribution >= 4 is 23.4 Å². The summed E-state index contributed by atoms with van der Waals surface area (Å²) >= 11 is 0. The lowest BCUT2D eigenvalue weighted by molar-refractivity contribution is -0.130. The summed E-state index contributed by atoms with van der Waals surface area (Å²) in [6.07, 6.45) is 0.0163. The number of benzene rings is 2.